The van der Waals surface area contributed by atoms with Crippen LogP contribution in [0.1, 0.15) is 6.92 Å². The van der Waals surface area contributed by atoms with Crippen LogP contribution in [0.4, 0.5) is 14.9 Å². The molecule has 3 aromatic rings. The number of pyridine rings is 1. The van der Waals surface area contributed by atoms with Crippen LogP contribution in [0.2, 0.25) is 0 Å². The second-order valence-corrected chi connectivity index (χ2v) is 5.94. The fourth-order valence-electron chi connectivity index (χ4n) is 2.84. The van der Waals surface area contributed by atoms with Gasteiger partial charge in [-0.2, -0.15) is 0 Å². The number of hydrogen-bond acceptors (Lipinski definition) is 6. The molecule has 0 unspecified atom stereocenters. The number of fused-ring (bicyclic) bond motifs is 1. The Kier molecular flexibility index (Phi) is 5.49. The number of anilines is 1. The van der Waals surface area contributed by atoms with Gasteiger partial charge in [-0.3, -0.25) is 9.78 Å². The molecule has 3 rings (SSSR count). The van der Waals surface area contributed by atoms with Gasteiger partial charge < -0.3 is 19.9 Å². The van der Waals surface area contributed by atoms with Gasteiger partial charge in [0, 0.05) is 30.6 Å². The van der Waals surface area contributed by atoms with Crippen LogP contribution < -0.4 is 24.8 Å². The Balaban J connectivity index is 2.00. The Bertz CT molecular complexity index is 1090. The van der Waals surface area contributed by atoms with Gasteiger partial charge in [-0.05, 0) is 24.3 Å². The van der Waals surface area contributed by atoms with E-state index in [-0.39, 0.29) is 11.4 Å². The van der Waals surface area contributed by atoms with E-state index < -0.39 is 17.8 Å². The average Bonchev–Trinajstić information content (AvgIpc) is 2.68. The predicted octanol–water partition coefficient (Wildman–Crippen LogP) is 3.62. The number of hydrogen-bond donors (Lipinski definition) is 1. The molecule has 1 aromatic heterocycles. The molecule has 150 valence electrons. The van der Waals surface area contributed by atoms with Gasteiger partial charge in [0.15, 0.2) is 17.3 Å². The summed E-state index contributed by atoms with van der Waals surface area (Å²) in [6, 6.07) is 7.65. The van der Waals surface area contributed by atoms with E-state index in [0.717, 1.165) is 13.0 Å². The van der Waals surface area contributed by atoms with Crippen molar-refractivity contribution in [3.63, 3.8) is 0 Å². The standard InChI is InChI=1S/C20H18FN3O5/c1-11(25)24(20(22)26)16-5-4-12(8-14(16)21)29-17-6-7-23-15-10-19(28-3)18(27-2)9-13(15)17/h4-10H,1-3H3,(H2,22,26). The number of halogens is 1. The van der Waals surface area contributed by atoms with Crippen LogP contribution in [0.25, 0.3) is 10.9 Å². The number of carbonyl (C=O) groups excluding carboxylic acids is 2. The highest BCUT2D eigenvalue weighted by atomic mass is 19.1. The maximum absolute atomic E-state index is 14.5. The first-order valence-corrected chi connectivity index (χ1v) is 8.44. The summed E-state index contributed by atoms with van der Waals surface area (Å²) in [5.74, 6) is 0.0112. The zero-order valence-corrected chi connectivity index (χ0v) is 15.9. The van der Waals surface area contributed by atoms with Gasteiger partial charge in [-0.1, -0.05) is 0 Å². The van der Waals surface area contributed by atoms with Crippen LogP contribution in [-0.4, -0.2) is 31.1 Å². The normalized spacial score (nSPS) is 10.5. The lowest BCUT2D eigenvalue weighted by Crippen LogP contribution is -2.39. The molecule has 0 bridgehead atoms. The van der Waals surface area contributed by atoms with Crippen molar-refractivity contribution in [2.45, 2.75) is 6.92 Å². The van der Waals surface area contributed by atoms with Crippen molar-refractivity contribution >= 4 is 28.5 Å². The molecule has 0 fully saturated rings. The molecule has 3 amide bonds. The van der Waals surface area contributed by atoms with Crippen molar-refractivity contribution in [3.8, 4) is 23.0 Å². The maximum Gasteiger partial charge on any atom is 0.326 e. The summed E-state index contributed by atoms with van der Waals surface area (Å²) in [4.78, 5) is 27.8. The third kappa shape index (κ3) is 3.88. The summed E-state index contributed by atoms with van der Waals surface area (Å²) in [7, 11) is 3.03. The number of nitrogens with zero attached hydrogens (tertiary/aromatic N) is 2. The summed E-state index contributed by atoms with van der Waals surface area (Å²) in [5, 5.41) is 0.622. The Morgan fingerprint density at radius 1 is 1.03 bits per heavy atom. The summed E-state index contributed by atoms with van der Waals surface area (Å²) >= 11 is 0. The zero-order valence-electron chi connectivity index (χ0n) is 15.9. The van der Waals surface area contributed by atoms with E-state index in [2.05, 4.69) is 4.98 Å². The van der Waals surface area contributed by atoms with E-state index in [1.54, 1.807) is 24.4 Å². The first-order chi connectivity index (χ1) is 13.8. The lowest BCUT2D eigenvalue weighted by Gasteiger charge is -2.18. The Hall–Kier alpha value is -3.88. The van der Waals surface area contributed by atoms with Crippen molar-refractivity contribution < 1.29 is 28.2 Å². The van der Waals surface area contributed by atoms with E-state index in [0.29, 0.717) is 33.1 Å². The number of methoxy groups -OCH3 is 2. The zero-order chi connectivity index (χ0) is 21.1. The first-order valence-electron chi connectivity index (χ1n) is 8.44. The molecule has 0 atom stereocenters. The largest absolute Gasteiger partial charge is 0.493 e. The summed E-state index contributed by atoms with van der Waals surface area (Å²) in [5.41, 5.74) is 5.48. The molecule has 1 heterocycles. The van der Waals surface area contributed by atoms with Crippen molar-refractivity contribution in [1.29, 1.82) is 0 Å². The number of amides is 3. The molecule has 0 aliphatic heterocycles. The van der Waals surface area contributed by atoms with Gasteiger partial charge in [0.25, 0.3) is 0 Å². The molecule has 0 spiro atoms. The first kappa shape index (κ1) is 19.9. The molecule has 0 radical (unpaired) electrons. The second kappa shape index (κ2) is 8.01. The molecule has 2 aromatic carbocycles. The Morgan fingerprint density at radius 2 is 1.72 bits per heavy atom. The summed E-state index contributed by atoms with van der Waals surface area (Å²) in [6.45, 7) is 1.11. The van der Waals surface area contributed by atoms with E-state index in [1.807, 2.05) is 0 Å². The molecule has 0 aliphatic rings. The van der Waals surface area contributed by atoms with E-state index >= 15 is 0 Å². The molecule has 0 aliphatic carbocycles. The number of rotatable bonds is 5. The quantitative estimate of drug-likeness (QED) is 0.703. The highest BCUT2D eigenvalue weighted by Gasteiger charge is 2.21. The van der Waals surface area contributed by atoms with Crippen LogP contribution in [-0.2, 0) is 4.79 Å². The minimum absolute atomic E-state index is 0.154. The lowest BCUT2D eigenvalue weighted by molar-refractivity contribution is -0.115. The molecule has 0 saturated carbocycles. The monoisotopic (exact) mass is 399 g/mol. The summed E-state index contributed by atoms with van der Waals surface area (Å²) in [6.07, 6.45) is 1.54. The number of carbonyl (C=O) groups is 2. The lowest BCUT2D eigenvalue weighted by atomic mass is 10.1. The Labute approximate surface area is 165 Å². The summed E-state index contributed by atoms with van der Waals surface area (Å²) < 4.78 is 30.9. The number of aromatic nitrogens is 1. The van der Waals surface area contributed by atoms with Gasteiger partial charge >= 0.3 is 6.03 Å². The predicted molar refractivity (Wildman–Crippen MR) is 104 cm³/mol. The minimum atomic E-state index is -1.08. The third-order valence-corrected chi connectivity index (χ3v) is 4.13. The third-order valence-electron chi connectivity index (χ3n) is 4.13. The molecule has 2 N–H and O–H groups in total. The van der Waals surface area contributed by atoms with E-state index in [4.69, 9.17) is 19.9 Å². The molecular weight excluding hydrogens is 381 g/mol. The maximum atomic E-state index is 14.5. The molecule has 9 heteroatoms. The van der Waals surface area contributed by atoms with Gasteiger partial charge in [0.1, 0.15) is 11.5 Å². The number of urea groups is 1. The highest BCUT2D eigenvalue weighted by molar-refractivity contribution is 6.12. The molecular formula is C20H18FN3O5. The number of ether oxygens (including phenoxy) is 3. The van der Waals surface area contributed by atoms with Crippen molar-refractivity contribution in [2.75, 3.05) is 19.1 Å². The van der Waals surface area contributed by atoms with Crippen molar-refractivity contribution in [1.82, 2.24) is 4.98 Å². The van der Waals surface area contributed by atoms with Crippen LogP contribution in [0, 0.1) is 5.82 Å². The van der Waals surface area contributed by atoms with Gasteiger partial charge in [0.2, 0.25) is 5.91 Å². The molecule has 8 nitrogen and oxygen atoms in total. The van der Waals surface area contributed by atoms with Crippen molar-refractivity contribution in [2.24, 2.45) is 5.73 Å². The SMILES string of the molecule is COc1cc2nccc(Oc3ccc(N(C(C)=O)C(N)=O)c(F)c3)c2cc1OC. The fraction of sp³-hybridized carbons (Fsp3) is 0.150. The smallest absolute Gasteiger partial charge is 0.326 e. The molecule has 0 saturated heterocycles. The average molecular weight is 399 g/mol. The number of benzene rings is 2. The van der Waals surface area contributed by atoms with E-state index in [1.165, 1.54) is 26.4 Å². The van der Waals surface area contributed by atoms with Gasteiger partial charge in [0.05, 0.1) is 25.4 Å². The molecule has 29 heavy (non-hydrogen) atoms. The Morgan fingerprint density at radius 3 is 2.31 bits per heavy atom. The van der Waals surface area contributed by atoms with E-state index in [9.17, 15) is 14.0 Å². The number of imide groups is 1. The van der Waals surface area contributed by atoms with Crippen molar-refractivity contribution in [3.05, 3.63) is 48.4 Å². The highest BCUT2D eigenvalue weighted by Crippen LogP contribution is 2.37. The number of nitrogens with two attached hydrogens (primary N) is 1. The van der Waals surface area contributed by atoms with Crippen LogP contribution in [0.5, 0.6) is 23.0 Å². The van der Waals surface area contributed by atoms with Crippen LogP contribution in [0.3, 0.4) is 0 Å². The minimum Gasteiger partial charge on any atom is -0.493 e. The van der Waals surface area contributed by atoms with Crippen LogP contribution >= 0.6 is 0 Å². The number of primary amides is 1. The topological polar surface area (TPSA) is 104 Å². The second-order valence-electron chi connectivity index (χ2n) is 5.94. The van der Waals surface area contributed by atoms with Crippen LogP contribution in [0.15, 0.2) is 42.6 Å². The van der Waals surface area contributed by atoms with Gasteiger partial charge in [-0.25, -0.2) is 14.1 Å². The fourth-order valence-corrected chi connectivity index (χ4v) is 2.84. The van der Waals surface area contributed by atoms with Gasteiger partial charge in [-0.15, -0.1) is 0 Å².